The molecule has 1 aromatic heterocycles. The van der Waals surface area contributed by atoms with Crippen molar-refractivity contribution in [1.82, 2.24) is 15.2 Å². The van der Waals surface area contributed by atoms with Crippen LogP contribution in [0.15, 0.2) is 0 Å². The van der Waals surface area contributed by atoms with Gasteiger partial charge in [0.15, 0.2) is 0 Å². The van der Waals surface area contributed by atoms with Gasteiger partial charge in [-0.25, -0.2) is 4.79 Å². The predicted octanol–water partition coefficient (Wildman–Crippen LogP) is 3.16. The molecule has 0 aromatic carbocycles. The summed E-state index contributed by atoms with van der Waals surface area (Å²) in [6.45, 7) is 12.5. The summed E-state index contributed by atoms with van der Waals surface area (Å²) < 4.78 is 4.84. The molecule has 2 rings (SSSR count). The van der Waals surface area contributed by atoms with Gasteiger partial charge in [0.1, 0.15) is 5.69 Å². The Hall–Kier alpha value is -1.82. The van der Waals surface area contributed by atoms with E-state index in [-0.39, 0.29) is 5.91 Å². The van der Waals surface area contributed by atoms with Crippen LogP contribution in [0.4, 0.5) is 0 Å². The van der Waals surface area contributed by atoms with Gasteiger partial charge in [-0.2, -0.15) is 0 Å². The van der Waals surface area contributed by atoms with Gasteiger partial charge in [-0.15, -0.1) is 0 Å². The minimum atomic E-state index is -0.398. The van der Waals surface area contributed by atoms with Crippen LogP contribution < -0.4 is 5.32 Å². The van der Waals surface area contributed by atoms with Crippen molar-refractivity contribution in [1.29, 1.82) is 0 Å². The highest BCUT2D eigenvalue weighted by molar-refractivity contribution is 6.00. The molecule has 2 N–H and O–H groups in total. The summed E-state index contributed by atoms with van der Waals surface area (Å²) in [5.74, 6) is 1.00. The number of amides is 1. The molecule has 2 heterocycles. The maximum atomic E-state index is 12.5. The summed E-state index contributed by atoms with van der Waals surface area (Å²) in [5, 5.41) is 2.98. The van der Waals surface area contributed by atoms with E-state index in [1.807, 2.05) is 6.92 Å². The molecule has 6 heteroatoms. The molecule has 0 saturated carbocycles. The molecule has 1 aliphatic heterocycles. The number of carbonyl (C=O) groups excluding carboxylic acids is 2. The molecule has 0 spiro atoms. The summed E-state index contributed by atoms with van der Waals surface area (Å²) in [7, 11) is 1.36. The van der Waals surface area contributed by atoms with Crippen LogP contribution in [0.1, 0.15) is 72.1 Å². The number of carbonyl (C=O) groups is 2. The van der Waals surface area contributed by atoms with Crippen molar-refractivity contribution in [3.63, 3.8) is 0 Å². The molecular weight excluding hydrogens is 342 g/mol. The number of ether oxygens (including phenoxy) is 1. The number of methoxy groups -OCH3 is 1. The first-order valence-corrected chi connectivity index (χ1v) is 10.2. The Balaban J connectivity index is 1.81. The second kappa shape index (κ2) is 9.93. The largest absolute Gasteiger partial charge is 0.465 e. The molecule has 2 unspecified atom stereocenters. The van der Waals surface area contributed by atoms with Crippen LogP contribution in [0.25, 0.3) is 0 Å². The van der Waals surface area contributed by atoms with E-state index in [0.29, 0.717) is 29.8 Å². The number of piperidine rings is 1. The zero-order valence-corrected chi connectivity index (χ0v) is 17.5. The maximum Gasteiger partial charge on any atom is 0.339 e. The zero-order valence-electron chi connectivity index (χ0n) is 17.5. The first kappa shape index (κ1) is 21.5. The summed E-state index contributed by atoms with van der Waals surface area (Å²) in [5.41, 5.74) is 2.36. The fraction of sp³-hybridized carbons (Fsp3) is 0.714. The smallest absolute Gasteiger partial charge is 0.339 e. The van der Waals surface area contributed by atoms with Crippen LogP contribution in [-0.4, -0.2) is 55.0 Å². The van der Waals surface area contributed by atoms with Crippen molar-refractivity contribution in [2.24, 2.45) is 11.8 Å². The van der Waals surface area contributed by atoms with E-state index >= 15 is 0 Å². The predicted molar refractivity (Wildman–Crippen MR) is 107 cm³/mol. The third-order valence-electron chi connectivity index (χ3n) is 5.43. The van der Waals surface area contributed by atoms with Crippen LogP contribution in [-0.2, 0) is 11.2 Å². The number of nitrogens with zero attached hydrogens (tertiary/aromatic N) is 1. The van der Waals surface area contributed by atoms with E-state index in [4.69, 9.17) is 4.74 Å². The third kappa shape index (κ3) is 5.58. The number of aromatic nitrogens is 1. The standard InChI is InChI=1S/C21H35N3O3/c1-6-17-18(21(26)27-5)16(4)19(23-17)20(25)22-9-7-8-10-24-12-14(2)11-15(3)13-24/h14-15,23H,6-13H2,1-5H3,(H,22,25). The van der Waals surface area contributed by atoms with Crippen molar-refractivity contribution >= 4 is 11.9 Å². The van der Waals surface area contributed by atoms with Crippen LogP contribution in [0.3, 0.4) is 0 Å². The van der Waals surface area contributed by atoms with Gasteiger partial charge < -0.3 is 19.9 Å². The van der Waals surface area contributed by atoms with Gasteiger partial charge in [0.05, 0.1) is 12.7 Å². The number of hydrogen-bond donors (Lipinski definition) is 2. The van der Waals surface area contributed by atoms with E-state index in [2.05, 4.69) is 29.0 Å². The van der Waals surface area contributed by atoms with Gasteiger partial charge in [0.2, 0.25) is 0 Å². The molecule has 1 aliphatic rings. The molecule has 152 valence electrons. The second-order valence-corrected chi connectivity index (χ2v) is 7.99. The van der Waals surface area contributed by atoms with Crippen LogP contribution >= 0.6 is 0 Å². The Bertz CT molecular complexity index is 643. The summed E-state index contributed by atoms with van der Waals surface area (Å²) >= 11 is 0. The average Bonchev–Trinajstić information content (AvgIpc) is 2.96. The molecule has 2 atom stereocenters. The van der Waals surface area contributed by atoms with Crippen molar-refractivity contribution in [2.75, 3.05) is 33.3 Å². The second-order valence-electron chi connectivity index (χ2n) is 7.99. The van der Waals surface area contributed by atoms with Crippen molar-refractivity contribution in [3.8, 4) is 0 Å². The molecule has 1 aromatic rings. The molecule has 1 amide bonds. The molecule has 1 fully saturated rings. The Kier molecular flexibility index (Phi) is 7.90. The lowest BCUT2D eigenvalue weighted by Gasteiger charge is -2.34. The number of hydrogen-bond acceptors (Lipinski definition) is 4. The van der Waals surface area contributed by atoms with E-state index in [0.717, 1.165) is 36.9 Å². The number of aryl methyl sites for hydroxylation is 1. The highest BCUT2D eigenvalue weighted by Crippen LogP contribution is 2.21. The lowest BCUT2D eigenvalue weighted by Crippen LogP contribution is -2.39. The van der Waals surface area contributed by atoms with Gasteiger partial charge >= 0.3 is 5.97 Å². The number of H-pyrrole nitrogens is 1. The average molecular weight is 378 g/mol. The van der Waals surface area contributed by atoms with E-state index in [1.54, 1.807) is 6.92 Å². The SMILES string of the molecule is CCc1[nH]c(C(=O)NCCCCN2CC(C)CC(C)C2)c(C)c1C(=O)OC. The minimum Gasteiger partial charge on any atom is -0.465 e. The lowest BCUT2D eigenvalue weighted by atomic mass is 9.92. The zero-order chi connectivity index (χ0) is 20.0. The number of esters is 1. The van der Waals surface area contributed by atoms with E-state index in [9.17, 15) is 9.59 Å². The van der Waals surface area contributed by atoms with Crippen molar-refractivity contribution in [3.05, 3.63) is 22.5 Å². The molecule has 0 aliphatic carbocycles. The van der Waals surface area contributed by atoms with E-state index < -0.39 is 5.97 Å². The lowest BCUT2D eigenvalue weighted by molar-refractivity contribution is 0.0599. The van der Waals surface area contributed by atoms with Gasteiger partial charge in [-0.3, -0.25) is 4.79 Å². The van der Waals surface area contributed by atoms with Gasteiger partial charge in [0, 0.05) is 25.3 Å². The van der Waals surface area contributed by atoms with Crippen molar-refractivity contribution < 1.29 is 14.3 Å². The van der Waals surface area contributed by atoms with Crippen LogP contribution in [0.2, 0.25) is 0 Å². The quantitative estimate of drug-likeness (QED) is 0.539. The normalized spacial score (nSPS) is 20.5. The highest BCUT2D eigenvalue weighted by atomic mass is 16.5. The molecule has 0 bridgehead atoms. The number of nitrogens with one attached hydrogen (secondary N) is 2. The molecular formula is C21H35N3O3. The number of aromatic amines is 1. The Morgan fingerprint density at radius 1 is 1.22 bits per heavy atom. The third-order valence-corrected chi connectivity index (χ3v) is 5.43. The van der Waals surface area contributed by atoms with Gasteiger partial charge in [-0.05, 0) is 56.6 Å². The van der Waals surface area contributed by atoms with Crippen LogP contribution in [0.5, 0.6) is 0 Å². The first-order valence-electron chi connectivity index (χ1n) is 10.2. The molecule has 0 radical (unpaired) electrons. The Morgan fingerprint density at radius 3 is 2.48 bits per heavy atom. The highest BCUT2D eigenvalue weighted by Gasteiger charge is 2.24. The maximum absolute atomic E-state index is 12.5. The first-order chi connectivity index (χ1) is 12.9. The fourth-order valence-electron chi connectivity index (χ4n) is 4.25. The summed E-state index contributed by atoms with van der Waals surface area (Å²) in [4.78, 5) is 30.1. The Morgan fingerprint density at radius 2 is 1.89 bits per heavy atom. The molecule has 1 saturated heterocycles. The minimum absolute atomic E-state index is 0.155. The number of unbranched alkanes of at least 4 members (excludes halogenated alkanes) is 1. The topological polar surface area (TPSA) is 74.4 Å². The number of rotatable bonds is 8. The molecule has 27 heavy (non-hydrogen) atoms. The summed E-state index contributed by atoms with van der Waals surface area (Å²) in [6.07, 6.45) is 4.01. The summed E-state index contributed by atoms with van der Waals surface area (Å²) in [6, 6.07) is 0. The van der Waals surface area contributed by atoms with E-state index in [1.165, 1.54) is 26.6 Å². The molecule has 6 nitrogen and oxygen atoms in total. The fourth-order valence-corrected chi connectivity index (χ4v) is 4.25. The number of likely N-dealkylation sites (tertiary alicyclic amines) is 1. The monoisotopic (exact) mass is 377 g/mol. The van der Waals surface area contributed by atoms with Gasteiger partial charge in [-0.1, -0.05) is 20.8 Å². The van der Waals surface area contributed by atoms with Crippen molar-refractivity contribution in [2.45, 2.75) is 53.4 Å². The van der Waals surface area contributed by atoms with Crippen LogP contribution in [0, 0.1) is 18.8 Å². The van der Waals surface area contributed by atoms with Gasteiger partial charge in [0.25, 0.3) is 5.91 Å². The Labute approximate surface area is 163 Å².